The zero-order valence-electron chi connectivity index (χ0n) is 18.5. The molecule has 4 rings (SSSR count). The van der Waals surface area contributed by atoms with Crippen LogP contribution in [0.25, 0.3) is 0 Å². The van der Waals surface area contributed by atoms with Crippen molar-refractivity contribution in [3.05, 3.63) is 89.4 Å². The van der Waals surface area contributed by atoms with E-state index < -0.39 is 23.6 Å². The third-order valence-electron chi connectivity index (χ3n) is 5.64. The van der Waals surface area contributed by atoms with E-state index >= 15 is 0 Å². The van der Waals surface area contributed by atoms with Gasteiger partial charge in [0.1, 0.15) is 5.76 Å². The molecule has 0 aliphatic carbocycles. The maximum atomic E-state index is 13.0. The van der Waals surface area contributed by atoms with Gasteiger partial charge in [0.15, 0.2) is 0 Å². The Labute approximate surface area is 198 Å². The van der Waals surface area contributed by atoms with Crippen molar-refractivity contribution in [3.8, 4) is 0 Å². The summed E-state index contributed by atoms with van der Waals surface area (Å²) in [4.78, 5) is 38.6. The monoisotopic (exact) mass is 485 g/mol. The first-order chi connectivity index (χ1) is 16.7. The minimum Gasteiger partial charge on any atom is -0.467 e. The number of anilines is 1. The molecule has 3 amide bonds. The van der Waals surface area contributed by atoms with Crippen LogP contribution in [0, 0.1) is 5.92 Å². The summed E-state index contributed by atoms with van der Waals surface area (Å²) in [6.07, 6.45) is -3.11. The Morgan fingerprint density at radius 3 is 2.54 bits per heavy atom. The average molecular weight is 485 g/mol. The van der Waals surface area contributed by atoms with Gasteiger partial charge in [0.2, 0.25) is 11.8 Å². The Kier molecular flexibility index (Phi) is 6.90. The maximum absolute atomic E-state index is 13.0. The molecule has 2 heterocycles. The van der Waals surface area contributed by atoms with Crippen molar-refractivity contribution >= 4 is 23.4 Å². The highest BCUT2D eigenvalue weighted by Crippen LogP contribution is 2.33. The molecule has 1 saturated heterocycles. The number of benzene rings is 2. The lowest BCUT2D eigenvalue weighted by atomic mass is 10.1. The largest absolute Gasteiger partial charge is 0.467 e. The van der Waals surface area contributed by atoms with Gasteiger partial charge in [-0.3, -0.25) is 14.4 Å². The second-order valence-electron chi connectivity index (χ2n) is 8.13. The van der Waals surface area contributed by atoms with Gasteiger partial charge in [-0.2, -0.15) is 13.2 Å². The highest BCUT2D eigenvalue weighted by molar-refractivity contribution is 6.00. The Morgan fingerprint density at radius 1 is 1.00 bits per heavy atom. The lowest BCUT2D eigenvalue weighted by Gasteiger charge is -2.18. The molecule has 0 saturated carbocycles. The molecule has 3 aromatic rings. The summed E-state index contributed by atoms with van der Waals surface area (Å²) in [6, 6.07) is 14.7. The fourth-order valence-corrected chi connectivity index (χ4v) is 3.82. The van der Waals surface area contributed by atoms with Crippen LogP contribution < -0.4 is 15.5 Å². The maximum Gasteiger partial charge on any atom is 0.416 e. The predicted molar refractivity (Wildman–Crippen MR) is 120 cm³/mol. The van der Waals surface area contributed by atoms with Crippen molar-refractivity contribution < 1.29 is 32.0 Å². The fourth-order valence-electron chi connectivity index (χ4n) is 3.82. The topological polar surface area (TPSA) is 91.6 Å². The van der Waals surface area contributed by atoms with E-state index in [-0.39, 0.29) is 43.6 Å². The van der Waals surface area contributed by atoms with Crippen LogP contribution in [0.5, 0.6) is 0 Å². The van der Waals surface area contributed by atoms with Crippen LogP contribution in [0.3, 0.4) is 0 Å². The van der Waals surface area contributed by atoms with E-state index in [1.807, 2.05) is 0 Å². The van der Waals surface area contributed by atoms with E-state index in [4.69, 9.17) is 4.42 Å². The van der Waals surface area contributed by atoms with Gasteiger partial charge < -0.3 is 20.0 Å². The Bertz CT molecular complexity index is 1220. The third kappa shape index (κ3) is 5.89. The number of amides is 3. The number of hydrogen-bond donors (Lipinski definition) is 2. The summed E-state index contributed by atoms with van der Waals surface area (Å²) in [5.41, 5.74) is 0.343. The summed E-state index contributed by atoms with van der Waals surface area (Å²) in [6.45, 7) is 0.360. The molecule has 0 bridgehead atoms. The molecule has 7 nitrogen and oxygen atoms in total. The first kappa shape index (κ1) is 24.1. The second kappa shape index (κ2) is 10.0. The quantitative estimate of drug-likeness (QED) is 0.531. The number of hydrogen-bond acceptors (Lipinski definition) is 4. The molecule has 35 heavy (non-hydrogen) atoms. The van der Waals surface area contributed by atoms with Crippen molar-refractivity contribution in [1.82, 2.24) is 10.6 Å². The lowest BCUT2D eigenvalue weighted by molar-refractivity contribution is -0.137. The third-order valence-corrected chi connectivity index (χ3v) is 5.64. The van der Waals surface area contributed by atoms with Crippen molar-refractivity contribution in [2.75, 3.05) is 11.4 Å². The molecule has 1 atom stereocenters. The molecule has 1 aliphatic rings. The van der Waals surface area contributed by atoms with Crippen LogP contribution in [0.1, 0.15) is 33.7 Å². The Hall–Kier alpha value is -4.08. The molecule has 1 fully saturated rings. The highest BCUT2D eigenvalue weighted by atomic mass is 19.4. The van der Waals surface area contributed by atoms with Crippen molar-refractivity contribution in [1.29, 1.82) is 0 Å². The molecule has 182 valence electrons. The Balaban J connectivity index is 1.33. The minimum absolute atomic E-state index is 0.0127. The molecule has 1 aromatic heterocycles. The number of halogens is 3. The summed E-state index contributed by atoms with van der Waals surface area (Å²) in [5.74, 6) is -1.18. The van der Waals surface area contributed by atoms with E-state index in [1.54, 1.807) is 36.4 Å². The number of nitrogens with one attached hydrogen (secondary N) is 2. The van der Waals surface area contributed by atoms with Crippen LogP contribution in [0.2, 0.25) is 0 Å². The van der Waals surface area contributed by atoms with Gasteiger partial charge in [-0.25, -0.2) is 0 Å². The van der Waals surface area contributed by atoms with Crippen LogP contribution in [0.15, 0.2) is 71.3 Å². The summed E-state index contributed by atoms with van der Waals surface area (Å²) >= 11 is 0. The van der Waals surface area contributed by atoms with Gasteiger partial charge in [0.25, 0.3) is 5.91 Å². The number of carbonyl (C=O) groups is 3. The molecule has 0 radical (unpaired) electrons. The molecule has 1 aliphatic heterocycles. The standard InChI is InChI=1S/C25H22F3N3O4/c26-25(27,28)19-6-2-7-20(12-19)31-15-18(11-22(31)32)24(34)29-13-16-4-1-5-17(10-16)23(33)30-14-21-8-3-9-35-21/h1-10,12,18H,11,13-15H2,(H,29,34)(H,30,33). The van der Waals surface area contributed by atoms with Crippen LogP contribution >= 0.6 is 0 Å². The molecular weight excluding hydrogens is 463 g/mol. The molecular formula is C25H22F3N3O4. The average Bonchev–Trinajstić information content (AvgIpc) is 3.50. The highest BCUT2D eigenvalue weighted by Gasteiger charge is 2.36. The van der Waals surface area contributed by atoms with Gasteiger partial charge >= 0.3 is 6.18 Å². The SMILES string of the molecule is O=C(NCc1ccco1)c1cccc(CNC(=O)C2CC(=O)N(c3cccc(C(F)(F)F)c3)C2)c1. The first-order valence-electron chi connectivity index (χ1n) is 10.9. The number of nitrogens with zero attached hydrogens (tertiary/aromatic N) is 1. The van der Waals surface area contributed by atoms with Crippen LogP contribution in [-0.4, -0.2) is 24.3 Å². The van der Waals surface area contributed by atoms with Crippen molar-refractivity contribution in [2.45, 2.75) is 25.7 Å². The van der Waals surface area contributed by atoms with Crippen LogP contribution in [0.4, 0.5) is 18.9 Å². The summed E-state index contributed by atoms with van der Waals surface area (Å²) in [5, 5.41) is 5.49. The number of alkyl halides is 3. The van der Waals surface area contributed by atoms with Gasteiger partial charge in [-0.05, 0) is 48.0 Å². The second-order valence-corrected chi connectivity index (χ2v) is 8.13. The van der Waals surface area contributed by atoms with Crippen molar-refractivity contribution in [2.24, 2.45) is 5.92 Å². The molecule has 0 spiro atoms. The lowest BCUT2D eigenvalue weighted by Crippen LogP contribution is -2.32. The van der Waals surface area contributed by atoms with E-state index in [0.717, 1.165) is 12.1 Å². The van der Waals surface area contributed by atoms with Gasteiger partial charge in [0.05, 0.1) is 24.3 Å². The zero-order chi connectivity index (χ0) is 25.0. The van der Waals surface area contributed by atoms with E-state index in [2.05, 4.69) is 10.6 Å². The Morgan fingerprint density at radius 2 is 1.80 bits per heavy atom. The summed E-state index contributed by atoms with van der Waals surface area (Å²) in [7, 11) is 0. The number of furan rings is 1. The van der Waals surface area contributed by atoms with Gasteiger partial charge in [-0.1, -0.05) is 18.2 Å². The molecule has 2 aromatic carbocycles. The van der Waals surface area contributed by atoms with Gasteiger partial charge in [0, 0.05) is 30.8 Å². The molecule has 2 N–H and O–H groups in total. The first-order valence-corrected chi connectivity index (χ1v) is 10.9. The number of rotatable bonds is 7. The van der Waals surface area contributed by atoms with Crippen LogP contribution in [-0.2, 0) is 28.9 Å². The normalized spacial score (nSPS) is 15.8. The van der Waals surface area contributed by atoms with Crippen molar-refractivity contribution in [3.63, 3.8) is 0 Å². The van der Waals surface area contributed by atoms with Gasteiger partial charge in [-0.15, -0.1) is 0 Å². The molecule has 1 unspecified atom stereocenters. The minimum atomic E-state index is -4.53. The van der Waals surface area contributed by atoms with E-state index in [9.17, 15) is 27.6 Å². The number of carbonyl (C=O) groups excluding carboxylic acids is 3. The van der Waals surface area contributed by atoms with E-state index in [0.29, 0.717) is 16.9 Å². The van der Waals surface area contributed by atoms with E-state index in [1.165, 1.54) is 23.3 Å². The molecule has 10 heteroatoms. The smallest absolute Gasteiger partial charge is 0.416 e. The fraction of sp³-hybridized carbons (Fsp3) is 0.240. The zero-order valence-corrected chi connectivity index (χ0v) is 18.5. The predicted octanol–water partition coefficient (Wildman–Crippen LogP) is 3.90. The summed E-state index contributed by atoms with van der Waals surface area (Å²) < 4.78 is 44.2.